The Balaban J connectivity index is 2.94. The number of aryl methyl sites for hydroxylation is 1. The molecule has 15 heavy (non-hydrogen) atoms. The number of aliphatic hydroxyl groups excluding tert-OH is 1. The van der Waals surface area contributed by atoms with Crippen molar-refractivity contribution in [1.29, 1.82) is 0 Å². The van der Waals surface area contributed by atoms with Crippen LogP contribution in [0.3, 0.4) is 0 Å². The maximum atomic E-state index is 12.0. The van der Waals surface area contributed by atoms with E-state index in [2.05, 4.69) is 4.74 Å². The van der Waals surface area contributed by atoms with E-state index in [0.717, 1.165) is 0 Å². The second-order valence-electron chi connectivity index (χ2n) is 3.15. The summed E-state index contributed by atoms with van der Waals surface area (Å²) >= 11 is 0. The van der Waals surface area contributed by atoms with Crippen molar-refractivity contribution in [3.63, 3.8) is 0 Å². The van der Waals surface area contributed by atoms with Gasteiger partial charge in [0, 0.05) is 6.54 Å². The Hall–Kier alpha value is -1.20. The quantitative estimate of drug-likeness (QED) is 0.805. The second kappa shape index (κ2) is 5.04. The second-order valence-corrected chi connectivity index (χ2v) is 3.15. The van der Waals surface area contributed by atoms with Crippen LogP contribution >= 0.6 is 0 Å². The molecular weight excluding hydrogens is 204 g/mol. The molecule has 1 aromatic carbocycles. The van der Waals surface area contributed by atoms with Gasteiger partial charge >= 0.3 is 6.61 Å². The van der Waals surface area contributed by atoms with Crippen LogP contribution in [-0.2, 0) is 0 Å². The zero-order chi connectivity index (χ0) is 11.4. The van der Waals surface area contributed by atoms with E-state index in [1.54, 1.807) is 19.1 Å². The minimum Gasteiger partial charge on any atom is -0.435 e. The largest absolute Gasteiger partial charge is 0.435 e. The first-order valence-corrected chi connectivity index (χ1v) is 4.48. The number of benzene rings is 1. The molecule has 0 aromatic heterocycles. The summed E-state index contributed by atoms with van der Waals surface area (Å²) in [5.41, 5.74) is 6.31. The molecule has 0 spiro atoms. The maximum Gasteiger partial charge on any atom is 0.387 e. The molecule has 1 rings (SSSR count). The van der Waals surface area contributed by atoms with Crippen LogP contribution in [0.5, 0.6) is 5.75 Å². The highest BCUT2D eigenvalue weighted by Crippen LogP contribution is 2.24. The Morgan fingerprint density at radius 1 is 1.47 bits per heavy atom. The molecule has 0 aliphatic rings. The fourth-order valence-corrected chi connectivity index (χ4v) is 1.18. The summed E-state index contributed by atoms with van der Waals surface area (Å²) in [6.07, 6.45) is -0.856. The van der Waals surface area contributed by atoms with Gasteiger partial charge in [-0.15, -0.1) is 0 Å². The molecule has 3 nitrogen and oxygen atoms in total. The number of hydrogen-bond acceptors (Lipinski definition) is 3. The lowest BCUT2D eigenvalue weighted by Gasteiger charge is -2.12. The van der Waals surface area contributed by atoms with Gasteiger partial charge in [-0.05, 0) is 24.1 Å². The first-order chi connectivity index (χ1) is 7.04. The van der Waals surface area contributed by atoms with Gasteiger partial charge in [-0.25, -0.2) is 0 Å². The molecule has 5 heteroatoms. The number of nitrogens with two attached hydrogens (primary N) is 1. The molecule has 1 atom stereocenters. The third kappa shape index (κ3) is 3.14. The van der Waals surface area contributed by atoms with Gasteiger partial charge in [0.25, 0.3) is 0 Å². The average Bonchev–Trinajstić information content (AvgIpc) is 2.19. The average molecular weight is 217 g/mol. The molecule has 0 saturated carbocycles. The van der Waals surface area contributed by atoms with Crippen LogP contribution in [0.25, 0.3) is 0 Å². The van der Waals surface area contributed by atoms with Crippen LogP contribution in [0.15, 0.2) is 18.2 Å². The fourth-order valence-electron chi connectivity index (χ4n) is 1.18. The van der Waals surface area contributed by atoms with E-state index in [4.69, 9.17) is 5.73 Å². The van der Waals surface area contributed by atoms with E-state index >= 15 is 0 Å². The molecule has 0 fully saturated rings. The van der Waals surface area contributed by atoms with E-state index in [1.807, 2.05) is 0 Å². The summed E-state index contributed by atoms with van der Waals surface area (Å²) in [4.78, 5) is 0. The van der Waals surface area contributed by atoms with Crippen molar-refractivity contribution >= 4 is 0 Å². The van der Waals surface area contributed by atoms with Crippen molar-refractivity contribution in [2.24, 2.45) is 5.73 Å². The molecule has 0 unspecified atom stereocenters. The number of ether oxygens (including phenoxy) is 1. The van der Waals surface area contributed by atoms with Crippen molar-refractivity contribution in [3.05, 3.63) is 29.3 Å². The van der Waals surface area contributed by atoms with Crippen LogP contribution in [0.4, 0.5) is 8.78 Å². The minimum atomic E-state index is -2.87. The number of alkyl halides is 2. The number of hydrogen-bond donors (Lipinski definition) is 2. The molecule has 0 saturated heterocycles. The van der Waals surface area contributed by atoms with E-state index in [1.165, 1.54) is 6.07 Å². The van der Waals surface area contributed by atoms with Crippen molar-refractivity contribution in [2.75, 3.05) is 6.54 Å². The van der Waals surface area contributed by atoms with E-state index < -0.39 is 12.7 Å². The molecule has 0 amide bonds. The highest BCUT2D eigenvalue weighted by Gasteiger charge is 2.11. The lowest BCUT2D eigenvalue weighted by molar-refractivity contribution is -0.0504. The molecule has 0 aliphatic carbocycles. The molecule has 0 radical (unpaired) electrons. The van der Waals surface area contributed by atoms with E-state index in [9.17, 15) is 13.9 Å². The summed E-state index contributed by atoms with van der Waals surface area (Å²) in [5, 5.41) is 9.41. The van der Waals surface area contributed by atoms with Gasteiger partial charge in [0.2, 0.25) is 0 Å². The monoisotopic (exact) mass is 217 g/mol. The standard InChI is InChI=1S/C10H13F2NO2/c1-6-2-3-7(8(14)5-13)4-9(6)15-10(11)12/h2-4,8,10,14H,5,13H2,1H3/t8-/m0/s1. The van der Waals surface area contributed by atoms with E-state index in [-0.39, 0.29) is 12.3 Å². The van der Waals surface area contributed by atoms with Gasteiger partial charge in [0.05, 0.1) is 6.10 Å². The van der Waals surface area contributed by atoms with Crippen molar-refractivity contribution in [1.82, 2.24) is 0 Å². The SMILES string of the molecule is Cc1ccc([C@@H](O)CN)cc1OC(F)F. The van der Waals surface area contributed by atoms with Gasteiger partial charge in [-0.1, -0.05) is 12.1 Å². The normalized spacial score (nSPS) is 12.9. The minimum absolute atomic E-state index is 0.0389. The third-order valence-corrected chi connectivity index (χ3v) is 2.04. The molecule has 3 N–H and O–H groups in total. The van der Waals surface area contributed by atoms with Crippen LogP contribution in [0.2, 0.25) is 0 Å². The molecule has 1 aromatic rings. The van der Waals surface area contributed by atoms with Crippen LogP contribution in [0.1, 0.15) is 17.2 Å². The summed E-state index contributed by atoms with van der Waals surface area (Å²) in [7, 11) is 0. The van der Waals surface area contributed by atoms with Crippen LogP contribution in [-0.4, -0.2) is 18.3 Å². The molecule has 0 heterocycles. The third-order valence-electron chi connectivity index (χ3n) is 2.04. The summed E-state index contributed by atoms with van der Waals surface area (Å²) in [6.45, 7) is -1.18. The highest BCUT2D eigenvalue weighted by atomic mass is 19.3. The van der Waals surface area contributed by atoms with Crippen molar-refractivity contribution in [2.45, 2.75) is 19.6 Å². The van der Waals surface area contributed by atoms with Gasteiger partial charge in [0.1, 0.15) is 5.75 Å². The Kier molecular flexibility index (Phi) is 3.99. The highest BCUT2D eigenvalue weighted by molar-refractivity contribution is 5.37. The zero-order valence-electron chi connectivity index (χ0n) is 8.28. The number of aliphatic hydroxyl groups is 1. The van der Waals surface area contributed by atoms with Gasteiger partial charge in [-0.2, -0.15) is 8.78 Å². The Labute approximate surface area is 86.5 Å². The Morgan fingerprint density at radius 3 is 2.67 bits per heavy atom. The summed E-state index contributed by atoms with van der Waals surface area (Å²) in [6, 6.07) is 4.61. The molecule has 0 aliphatic heterocycles. The zero-order valence-corrected chi connectivity index (χ0v) is 8.28. The van der Waals surface area contributed by atoms with Crippen LogP contribution in [0, 0.1) is 6.92 Å². The van der Waals surface area contributed by atoms with Crippen molar-refractivity contribution in [3.8, 4) is 5.75 Å². The lowest BCUT2D eigenvalue weighted by Crippen LogP contribution is -2.12. The number of halogens is 2. The topological polar surface area (TPSA) is 55.5 Å². The summed E-state index contributed by atoms with van der Waals surface area (Å²) in [5.74, 6) is 0.0648. The predicted octanol–water partition coefficient (Wildman–Crippen LogP) is 1.59. The summed E-state index contributed by atoms with van der Waals surface area (Å²) < 4.78 is 28.3. The van der Waals surface area contributed by atoms with Gasteiger partial charge in [0.15, 0.2) is 0 Å². The Bertz CT molecular complexity index is 331. The first-order valence-electron chi connectivity index (χ1n) is 4.48. The fraction of sp³-hybridized carbons (Fsp3) is 0.400. The predicted molar refractivity (Wildman–Crippen MR) is 51.8 cm³/mol. The maximum absolute atomic E-state index is 12.0. The van der Waals surface area contributed by atoms with Gasteiger partial charge < -0.3 is 15.6 Å². The Morgan fingerprint density at radius 2 is 2.13 bits per heavy atom. The van der Waals surface area contributed by atoms with E-state index in [0.29, 0.717) is 11.1 Å². The molecule has 0 bridgehead atoms. The number of rotatable bonds is 4. The smallest absolute Gasteiger partial charge is 0.387 e. The lowest BCUT2D eigenvalue weighted by atomic mass is 10.1. The molecule has 84 valence electrons. The first kappa shape index (κ1) is 11.9. The molecular formula is C10H13F2NO2. The van der Waals surface area contributed by atoms with Crippen molar-refractivity contribution < 1.29 is 18.6 Å². The van der Waals surface area contributed by atoms with Gasteiger partial charge in [-0.3, -0.25) is 0 Å². The van der Waals surface area contributed by atoms with Crippen LogP contribution < -0.4 is 10.5 Å².